The number of anilines is 1. The molecule has 0 spiro atoms. The van der Waals surface area contributed by atoms with Gasteiger partial charge in [0, 0.05) is 18.0 Å². The Morgan fingerprint density at radius 1 is 1.24 bits per heavy atom. The van der Waals surface area contributed by atoms with Crippen molar-refractivity contribution < 1.29 is 4.79 Å². The van der Waals surface area contributed by atoms with Gasteiger partial charge < -0.3 is 5.32 Å². The lowest BCUT2D eigenvalue weighted by Crippen LogP contribution is -2.13. The minimum Gasteiger partial charge on any atom is -0.311 e. The Hall–Kier alpha value is -1.90. The molecule has 0 aliphatic carbocycles. The predicted molar refractivity (Wildman–Crippen MR) is 88.3 cm³/mol. The second-order valence-corrected chi connectivity index (χ2v) is 5.75. The van der Waals surface area contributed by atoms with Crippen LogP contribution in [0, 0.1) is 5.92 Å². The van der Waals surface area contributed by atoms with Gasteiger partial charge >= 0.3 is 0 Å². The van der Waals surface area contributed by atoms with Gasteiger partial charge in [-0.15, -0.1) is 0 Å². The normalized spacial score (nSPS) is 12.3. The van der Waals surface area contributed by atoms with E-state index in [1.165, 1.54) is 19.3 Å². The van der Waals surface area contributed by atoms with Crippen molar-refractivity contribution in [3.05, 3.63) is 36.5 Å². The molecule has 1 amide bonds. The zero-order chi connectivity index (χ0) is 15.1. The summed E-state index contributed by atoms with van der Waals surface area (Å²) in [4.78, 5) is 16.3. The topological polar surface area (TPSA) is 42.0 Å². The lowest BCUT2D eigenvalue weighted by atomic mass is 9.99. The van der Waals surface area contributed by atoms with E-state index < -0.39 is 0 Å². The second-order valence-electron chi connectivity index (χ2n) is 5.75. The van der Waals surface area contributed by atoms with E-state index in [1.807, 2.05) is 30.3 Å². The van der Waals surface area contributed by atoms with Crippen molar-refractivity contribution in [3.8, 4) is 0 Å². The molecule has 0 bridgehead atoms. The highest BCUT2D eigenvalue weighted by atomic mass is 16.1. The van der Waals surface area contributed by atoms with Crippen molar-refractivity contribution in [2.45, 2.75) is 46.0 Å². The third kappa shape index (κ3) is 4.85. The average Bonchev–Trinajstić information content (AvgIpc) is 2.50. The van der Waals surface area contributed by atoms with Crippen LogP contribution in [0.1, 0.15) is 46.0 Å². The minimum atomic E-state index is 0.0566. The molecule has 1 heterocycles. The van der Waals surface area contributed by atoms with Crippen LogP contribution < -0.4 is 5.32 Å². The Morgan fingerprint density at radius 3 is 2.76 bits per heavy atom. The number of unbranched alkanes of at least 4 members (excludes halogenated alkanes) is 1. The van der Waals surface area contributed by atoms with E-state index in [9.17, 15) is 4.79 Å². The van der Waals surface area contributed by atoms with Gasteiger partial charge in [-0.05, 0) is 23.8 Å². The summed E-state index contributed by atoms with van der Waals surface area (Å²) in [5.74, 6) is 1.31. The van der Waals surface area contributed by atoms with Crippen LogP contribution in [-0.4, -0.2) is 10.9 Å². The summed E-state index contributed by atoms with van der Waals surface area (Å²) in [5.41, 5.74) is 0. The molecule has 3 heteroatoms. The lowest BCUT2D eigenvalue weighted by Gasteiger charge is -2.10. The molecule has 0 aliphatic heterocycles. The molecular weight excluding hydrogens is 260 g/mol. The zero-order valence-electron chi connectivity index (χ0n) is 12.9. The Bertz CT molecular complexity index is 595. The standard InChI is InChI=1S/C18H24N2O/c1-3-4-7-14(2)10-11-18(21)20-17-12-15-8-5-6-9-16(15)13-19-17/h5-6,8-9,12-14H,3-4,7,10-11H2,1-2H3,(H,19,20,21). The minimum absolute atomic E-state index is 0.0566. The van der Waals surface area contributed by atoms with Crippen LogP contribution in [0.15, 0.2) is 36.5 Å². The van der Waals surface area contributed by atoms with E-state index in [2.05, 4.69) is 24.1 Å². The van der Waals surface area contributed by atoms with Gasteiger partial charge in [0.15, 0.2) is 0 Å². The number of fused-ring (bicyclic) bond motifs is 1. The maximum Gasteiger partial charge on any atom is 0.225 e. The van der Waals surface area contributed by atoms with E-state index >= 15 is 0 Å². The lowest BCUT2D eigenvalue weighted by molar-refractivity contribution is -0.116. The molecule has 112 valence electrons. The Morgan fingerprint density at radius 2 is 2.00 bits per heavy atom. The summed E-state index contributed by atoms with van der Waals surface area (Å²) in [6.07, 6.45) is 6.98. The van der Waals surface area contributed by atoms with Gasteiger partial charge in [-0.3, -0.25) is 4.79 Å². The summed E-state index contributed by atoms with van der Waals surface area (Å²) in [5, 5.41) is 5.08. The molecule has 1 atom stereocenters. The number of hydrogen-bond acceptors (Lipinski definition) is 2. The van der Waals surface area contributed by atoms with Crippen LogP contribution in [0.4, 0.5) is 5.82 Å². The van der Waals surface area contributed by atoms with Crippen LogP contribution in [0.25, 0.3) is 10.8 Å². The van der Waals surface area contributed by atoms with Crippen LogP contribution >= 0.6 is 0 Å². The van der Waals surface area contributed by atoms with E-state index in [0.29, 0.717) is 18.2 Å². The van der Waals surface area contributed by atoms with E-state index in [-0.39, 0.29) is 5.91 Å². The van der Waals surface area contributed by atoms with Gasteiger partial charge in [0.1, 0.15) is 5.82 Å². The van der Waals surface area contributed by atoms with Gasteiger partial charge in [0.2, 0.25) is 5.91 Å². The molecule has 1 aromatic heterocycles. The molecule has 0 radical (unpaired) electrons. The van der Waals surface area contributed by atoms with E-state index in [1.54, 1.807) is 6.20 Å². The highest BCUT2D eigenvalue weighted by molar-refractivity contribution is 5.92. The number of nitrogens with zero attached hydrogens (tertiary/aromatic N) is 1. The number of hydrogen-bond donors (Lipinski definition) is 1. The second kappa shape index (κ2) is 7.77. The first-order chi connectivity index (χ1) is 10.2. The van der Waals surface area contributed by atoms with Crippen molar-refractivity contribution in [1.29, 1.82) is 0 Å². The monoisotopic (exact) mass is 284 g/mol. The predicted octanol–water partition coefficient (Wildman–Crippen LogP) is 4.78. The summed E-state index contributed by atoms with van der Waals surface area (Å²) < 4.78 is 0. The van der Waals surface area contributed by atoms with Crippen molar-refractivity contribution in [3.63, 3.8) is 0 Å². The van der Waals surface area contributed by atoms with Crippen molar-refractivity contribution in [2.24, 2.45) is 5.92 Å². The smallest absolute Gasteiger partial charge is 0.225 e. The number of nitrogens with one attached hydrogen (secondary N) is 1. The highest BCUT2D eigenvalue weighted by Gasteiger charge is 2.08. The number of rotatable bonds is 7. The first-order valence-electron chi connectivity index (χ1n) is 7.83. The van der Waals surface area contributed by atoms with Gasteiger partial charge in [-0.1, -0.05) is 57.4 Å². The molecule has 0 saturated carbocycles. The molecule has 1 aromatic carbocycles. The summed E-state index contributed by atoms with van der Waals surface area (Å²) in [7, 11) is 0. The first kappa shape index (κ1) is 15.5. The molecular formula is C18H24N2O. The molecule has 0 saturated heterocycles. The summed E-state index contributed by atoms with van der Waals surface area (Å²) in [6, 6.07) is 9.94. The molecule has 1 N–H and O–H groups in total. The third-order valence-corrected chi connectivity index (χ3v) is 3.81. The Kier molecular flexibility index (Phi) is 5.73. The number of carbonyl (C=O) groups excluding carboxylic acids is 1. The maximum absolute atomic E-state index is 12.0. The Balaban J connectivity index is 1.86. The fourth-order valence-electron chi connectivity index (χ4n) is 2.43. The fourth-order valence-corrected chi connectivity index (χ4v) is 2.43. The average molecular weight is 284 g/mol. The number of carbonyl (C=O) groups is 1. The first-order valence-corrected chi connectivity index (χ1v) is 7.83. The van der Waals surface area contributed by atoms with Crippen molar-refractivity contribution >= 4 is 22.5 Å². The van der Waals surface area contributed by atoms with E-state index in [0.717, 1.165) is 17.2 Å². The zero-order valence-corrected chi connectivity index (χ0v) is 12.9. The molecule has 2 rings (SSSR count). The van der Waals surface area contributed by atoms with Crippen LogP contribution in [0.5, 0.6) is 0 Å². The van der Waals surface area contributed by atoms with Gasteiger partial charge in [0.25, 0.3) is 0 Å². The van der Waals surface area contributed by atoms with Crippen molar-refractivity contribution in [1.82, 2.24) is 4.98 Å². The number of aromatic nitrogens is 1. The molecule has 21 heavy (non-hydrogen) atoms. The van der Waals surface area contributed by atoms with Crippen LogP contribution in [-0.2, 0) is 4.79 Å². The summed E-state index contributed by atoms with van der Waals surface area (Å²) >= 11 is 0. The molecule has 1 unspecified atom stereocenters. The summed E-state index contributed by atoms with van der Waals surface area (Å²) in [6.45, 7) is 4.42. The van der Waals surface area contributed by atoms with Crippen LogP contribution in [0.2, 0.25) is 0 Å². The Labute approximate surface area is 126 Å². The van der Waals surface area contributed by atoms with Crippen molar-refractivity contribution in [2.75, 3.05) is 5.32 Å². The molecule has 0 aliphatic rings. The molecule has 2 aromatic rings. The maximum atomic E-state index is 12.0. The largest absolute Gasteiger partial charge is 0.311 e. The van der Waals surface area contributed by atoms with E-state index in [4.69, 9.17) is 0 Å². The third-order valence-electron chi connectivity index (χ3n) is 3.81. The van der Waals surface area contributed by atoms with Crippen LogP contribution in [0.3, 0.4) is 0 Å². The number of amides is 1. The number of pyridine rings is 1. The van der Waals surface area contributed by atoms with Gasteiger partial charge in [-0.2, -0.15) is 0 Å². The SMILES string of the molecule is CCCCC(C)CCC(=O)Nc1cc2ccccc2cn1. The van der Waals surface area contributed by atoms with Gasteiger partial charge in [-0.25, -0.2) is 4.98 Å². The molecule has 3 nitrogen and oxygen atoms in total. The molecule has 0 fully saturated rings. The van der Waals surface area contributed by atoms with Gasteiger partial charge in [0.05, 0.1) is 0 Å². The highest BCUT2D eigenvalue weighted by Crippen LogP contribution is 2.17. The number of benzene rings is 1. The fraction of sp³-hybridized carbons (Fsp3) is 0.444. The quantitative estimate of drug-likeness (QED) is 0.795.